The fraction of sp³-hybridized carbons (Fsp3) is 0.385. The standard InChI is InChI=1S/C13H16N4O2S/c1-4-19-12(18)11-7-16-13(17-8(11)2)15-6-10-5-14-9(3)20-10/h5,7H,4,6H2,1-3H3,(H,15,16,17). The maximum absolute atomic E-state index is 11.6. The van der Waals surface area contributed by atoms with Crippen molar-refractivity contribution in [2.24, 2.45) is 0 Å². The Kier molecular flexibility index (Phi) is 4.62. The number of hydrogen-bond acceptors (Lipinski definition) is 7. The minimum atomic E-state index is -0.394. The number of hydrogen-bond donors (Lipinski definition) is 1. The van der Waals surface area contributed by atoms with E-state index in [2.05, 4.69) is 20.3 Å². The van der Waals surface area contributed by atoms with Crippen molar-refractivity contribution in [1.82, 2.24) is 15.0 Å². The predicted octanol–water partition coefficient (Wildman–Crippen LogP) is 2.34. The van der Waals surface area contributed by atoms with Gasteiger partial charge in [0.25, 0.3) is 0 Å². The lowest BCUT2D eigenvalue weighted by Gasteiger charge is -2.07. The third-order valence-electron chi connectivity index (χ3n) is 2.56. The molecule has 0 saturated heterocycles. The van der Waals surface area contributed by atoms with Crippen molar-refractivity contribution in [1.29, 1.82) is 0 Å². The van der Waals surface area contributed by atoms with E-state index in [1.807, 2.05) is 13.1 Å². The number of rotatable bonds is 5. The van der Waals surface area contributed by atoms with Gasteiger partial charge in [0.05, 0.1) is 29.4 Å². The number of aromatic nitrogens is 3. The zero-order chi connectivity index (χ0) is 14.5. The zero-order valence-corrected chi connectivity index (χ0v) is 12.5. The number of nitrogens with one attached hydrogen (secondary N) is 1. The Morgan fingerprint density at radius 3 is 2.75 bits per heavy atom. The van der Waals surface area contributed by atoms with Crippen molar-refractivity contribution in [2.45, 2.75) is 27.3 Å². The Labute approximate surface area is 121 Å². The van der Waals surface area contributed by atoms with Crippen molar-refractivity contribution >= 4 is 23.3 Å². The maximum atomic E-state index is 11.6. The summed E-state index contributed by atoms with van der Waals surface area (Å²) in [7, 11) is 0. The Morgan fingerprint density at radius 1 is 1.35 bits per heavy atom. The van der Waals surface area contributed by atoms with Crippen LogP contribution in [0.1, 0.15) is 32.9 Å². The van der Waals surface area contributed by atoms with Crippen molar-refractivity contribution in [3.05, 3.63) is 33.5 Å². The summed E-state index contributed by atoms with van der Waals surface area (Å²) in [6.07, 6.45) is 3.31. The number of thiazole rings is 1. The predicted molar refractivity (Wildman–Crippen MR) is 76.9 cm³/mol. The molecular weight excluding hydrogens is 276 g/mol. The van der Waals surface area contributed by atoms with Gasteiger partial charge in [0, 0.05) is 17.3 Å². The van der Waals surface area contributed by atoms with Gasteiger partial charge in [-0.05, 0) is 20.8 Å². The lowest BCUT2D eigenvalue weighted by molar-refractivity contribution is 0.0524. The van der Waals surface area contributed by atoms with Gasteiger partial charge in [0.2, 0.25) is 5.95 Å². The molecule has 0 bridgehead atoms. The number of carbonyl (C=O) groups is 1. The summed E-state index contributed by atoms with van der Waals surface area (Å²) in [4.78, 5) is 25.3. The molecule has 0 aliphatic carbocycles. The quantitative estimate of drug-likeness (QED) is 0.852. The molecule has 2 heterocycles. The van der Waals surface area contributed by atoms with E-state index in [1.54, 1.807) is 25.2 Å². The van der Waals surface area contributed by atoms with E-state index in [1.165, 1.54) is 6.20 Å². The molecule has 20 heavy (non-hydrogen) atoms. The van der Waals surface area contributed by atoms with Gasteiger partial charge in [0.15, 0.2) is 0 Å². The number of ether oxygens (including phenoxy) is 1. The zero-order valence-electron chi connectivity index (χ0n) is 11.6. The van der Waals surface area contributed by atoms with E-state index in [0.29, 0.717) is 30.4 Å². The second kappa shape index (κ2) is 6.42. The van der Waals surface area contributed by atoms with Gasteiger partial charge in [-0.3, -0.25) is 0 Å². The number of esters is 1. The van der Waals surface area contributed by atoms with Crippen LogP contribution in [0.5, 0.6) is 0 Å². The summed E-state index contributed by atoms with van der Waals surface area (Å²) in [6, 6.07) is 0. The molecule has 106 valence electrons. The second-order valence-electron chi connectivity index (χ2n) is 4.11. The molecule has 2 rings (SSSR count). The Bertz CT molecular complexity index is 612. The summed E-state index contributed by atoms with van der Waals surface area (Å²) in [6.45, 7) is 6.44. The minimum absolute atomic E-state index is 0.336. The van der Waals surface area contributed by atoms with Gasteiger partial charge >= 0.3 is 5.97 Å². The van der Waals surface area contributed by atoms with Crippen LogP contribution in [0.15, 0.2) is 12.4 Å². The second-order valence-corrected chi connectivity index (χ2v) is 5.43. The molecule has 2 aromatic rings. The van der Waals surface area contributed by atoms with Gasteiger partial charge in [-0.15, -0.1) is 11.3 Å². The van der Waals surface area contributed by atoms with Gasteiger partial charge in [-0.1, -0.05) is 0 Å². The molecule has 1 N–H and O–H groups in total. The average Bonchev–Trinajstić information content (AvgIpc) is 2.82. The molecule has 0 unspecified atom stereocenters. The molecule has 0 aliphatic heterocycles. The third kappa shape index (κ3) is 3.51. The first-order valence-corrected chi connectivity index (χ1v) is 7.07. The molecule has 0 atom stereocenters. The van der Waals surface area contributed by atoms with Crippen LogP contribution in [0.25, 0.3) is 0 Å². The third-order valence-corrected chi connectivity index (χ3v) is 3.48. The molecule has 7 heteroatoms. The lowest BCUT2D eigenvalue weighted by atomic mass is 10.2. The summed E-state index contributed by atoms with van der Waals surface area (Å²) in [5.74, 6) is 0.0937. The van der Waals surface area contributed by atoms with Crippen LogP contribution < -0.4 is 5.32 Å². The highest BCUT2D eigenvalue weighted by Crippen LogP contribution is 2.14. The van der Waals surface area contributed by atoms with Crippen LogP contribution in [0.3, 0.4) is 0 Å². The van der Waals surface area contributed by atoms with E-state index < -0.39 is 5.97 Å². The fourth-order valence-electron chi connectivity index (χ4n) is 1.61. The SMILES string of the molecule is CCOC(=O)c1cnc(NCc2cnc(C)s2)nc1C. The Balaban J connectivity index is 2.03. The number of carbonyl (C=O) groups excluding carboxylic acids is 1. The van der Waals surface area contributed by atoms with Crippen LogP contribution >= 0.6 is 11.3 Å². The molecular formula is C13H16N4O2S. The minimum Gasteiger partial charge on any atom is -0.462 e. The molecule has 0 fully saturated rings. The van der Waals surface area contributed by atoms with Crippen molar-refractivity contribution in [3.8, 4) is 0 Å². The number of anilines is 1. The van der Waals surface area contributed by atoms with Crippen LogP contribution in [0.2, 0.25) is 0 Å². The normalized spacial score (nSPS) is 10.3. The molecule has 0 radical (unpaired) electrons. The monoisotopic (exact) mass is 292 g/mol. The largest absolute Gasteiger partial charge is 0.462 e. The summed E-state index contributed by atoms with van der Waals surface area (Å²) >= 11 is 1.62. The van der Waals surface area contributed by atoms with Crippen LogP contribution in [0.4, 0.5) is 5.95 Å². The summed E-state index contributed by atoms with van der Waals surface area (Å²) in [5, 5.41) is 4.13. The van der Waals surface area contributed by atoms with E-state index >= 15 is 0 Å². The van der Waals surface area contributed by atoms with Gasteiger partial charge in [-0.2, -0.15) is 0 Å². The Morgan fingerprint density at radius 2 is 2.15 bits per heavy atom. The highest BCUT2D eigenvalue weighted by Gasteiger charge is 2.12. The first-order chi connectivity index (χ1) is 9.60. The van der Waals surface area contributed by atoms with E-state index in [4.69, 9.17) is 4.74 Å². The van der Waals surface area contributed by atoms with Crippen LogP contribution in [-0.2, 0) is 11.3 Å². The van der Waals surface area contributed by atoms with Crippen molar-refractivity contribution in [3.63, 3.8) is 0 Å². The first-order valence-electron chi connectivity index (χ1n) is 6.26. The van der Waals surface area contributed by atoms with E-state index in [0.717, 1.165) is 9.88 Å². The summed E-state index contributed by atoms with van der Waals surface area (Å²) in [5.41, 5.74) is 0.993. The lowest BCUT2D eigenvalue weighted by Crippen LogP contribution is -2.11. The van der Waals surface area contributed by atoms with Gasteiger partial charge in [0.1, 0.15) is 0 Å². The van der Waals surface area contributed by atoms with Crippen LogP contribution in [0, 0.1) is 13.8 Å². The van der Waals surface area contributed by atoms with Crippen molar-refractivity contribution in [2.75, 3.05) is 11.9 Å². The summed E-state index contributed by atoms with van der Waals surface area (Å²) < 4.78 is 4.93. The van der Waals surface area contributed by atoms with E-state index in [9.17, 15) is 4.79 Å². The highest BCUT2D eigenvalue weighted by atomic mass is 32.1. The molecule has 0 aliphatic rings. The molecule has 0 spiro atoms. The van der Waals surface area contributed by atoms with Gasteiger partial charge in [-0.25, -0.2) is 19.7 Å². The van der Waals surface area contributed by atoms with E-state index in [-0.39, 0.29) is 0 Å². The molecule has 6 nitrogen and oxygen atoms in total. The van der Waals surface area contributed by atoms with Gasteiger partial charge < -0.3 is 10.1 Å². The topological polar surface area (TPSA) is 77.0 Å². The molecule has 0 saturated carbocycles. The smallest absolute Gasteiger partial charge is 0.341 e. The molecule has 0 amide bonds. The number of aryl methyl sites for hydroxylation is 2. The molecule has 0 aromatic carbocycles. The first kappa shape index (κ1) is 14.4. The molecule has 2 aromatic heterocycles. The highest BCUT2D eigenvalue weighted by molar-refractivity contribution is 7.11. The number of nitrogens with zero attached hydrogens (tertiary/aromatic N) is 3. The Hall–Kier alpha value is -2.02. The van der Waals surface area contributed by atoms with Crippen molar-refractivity contribution < 1.29 is 9.53 Å². The fourth-order valence-corrected chi connectivity index (χ4v) is 2.35. The van der Waals surface area contributed by atoms with Crippen LogP contribution in [-0.4, -0.2) is 27.5 Å². The maximum Gasteiger partial charge on any atom is 0.341 e. The average molecular weight is 292 g/mol.